The average molecular weight is 174 g/mol. The molecule has 0 heterocycles. The van der Waals surface area contributed by atoms with E-state index in [0.29, 0.717) is 6.29 Å². The Morgan fingerprint density at radius 2 is 1.14 bits per heavy atom. The standard InChI is InChI=1S/C13H2O/c1-2-3-4-5-6-7-8-9-10-11-12-13-14/h1,13H. The van der Waals surface area contributed by atoms with E-state index in [1.165, 1.54) is 0 Å². The van der Waals surface area contributed by atoms with E-state index in [9.17, 15) is 4.79 Å². The lowest BCUT2D eigenvalue weighted by molar-refractivity contribution is -0.103. The third-order valence-corrected chi connectivity index (χ3v) is 0.703. The average Bonchev–Trinajstić information content (AvgIpc) is 2.21. The molecule has 0 aromatic heterocycles. The van der Waals surface area contributed by atoms with Gasteiger partial charge >= 0.3 is 0 Å². The number of terminal acetylenes is 1. The molecule has 0 unspecified atom stereocenters. The maximum Gasteiger partial charge on any atom is 0.193 e. The molecule has 0 atom stereocenters. The zero-order chi connectivity index (χ0) is 10.5. The van der Waals surface area contributed by atoms with Crippen molar-refractivity contribution in [3.8, 4) is 71.5 Å². The van der Waals surface area contributed by atoms with Crippen molar-refractivity contribution in [1.29, 1.82) is 0 Å². The molecule has 0 spiro atoms. The molecule has 0 rings (SSSR count). The molecule has 0 aliphatic heterocycles. The van der Waals surface area contributed by atoms with Gasteiger partial charge in [0.25, 0.3) is 0 Å². The van der Waals surface area contributed by atoms with Crippen LogP contribution in [0.3, 0.4) is 0 Å². The first kappa shape index (κ1) is 11.0. The quantitative estimate of drug-likeness (QED) is 0.368. The van der Waals surface area contributed by atoms with Crippen LogP contribution in [0.2, 0.25) is 0 Å². The second-order valence-corrected chi connectivity index (χ2v) is 1.53. The molecular weight excluding hydrogens is 172 g/mol. The largest absolute Gasteiger partial charge is 0.289 e. The van der Waals surface area contributed by atoms with Gasteiger partial charge in [0.2, 0.25) is 0 Å². The Labute approximate surface area is 83.3 Å². The van der Waals surface area contributed by atoms with E-state index in [1.807, 2.05) is 0 Å². The van der Waals surface area contributed by atoms with Crippen molar-refractivity contribution in [2.75, 3.05) is 0 Å². The summed E-state index contributed by atoms with van der Waals surface area (Å²) in [7, 11) is 0. The van der Waals surface area contributed by atoms with Crippen LogP contribution < -0.4 is 0 Å². The lowest BCUT2D eigenvalue weighted by atomic mass is 10.5. The summed E-state index contributed by atoms with van der Waals surface area (Å²) in [6.07, 6.45) is 5.30. The van der Waals surface area contributed by atoms with Gasteiger partial charge in [-0.3, -0.25) is 4.79 Å². The van der Waals surface area contributed by atoms with Gasteiger partial charge in [-0.05, 0) is 65.1 Å². The van der Waals surface area contributed by atoms with Crippen LogP contribution in [-0.4, -0.2) is 6.29 Å². The molecule has 60 valence electrons. The van der Waals surface area contributed by atoms with Crippen molar-refractivity contribution in [1.82, 2.24) is 0 Å². The van der Waals surface area contributed by atoms with Crippen molar-refractivity contribution < 1.29 is 4.79 Å². The molecule has 0 saturated heterocycles. The van der Waals surface area contributed by atoms with Crippen molar-refractivity contribution >= 4 is 6.29 Å². The third-order valence-electron chi connectivity index (χ3n) is 0.703. The Kier molecular flexibility index (Phi) is 7.90. The summed E-state index contributed by atoms with van der Waals surface area (Å²) in [5.74, 6) is 25.5. The highest BCUT2D eigenvalue weighted by Crippen LogP contribution is 1.55. The zero-order valence-corrected chi connectivity index (χ0v) is 7.06. The van der Waals surface area contributed by atoms with Gasteiger partial charge in [0, 0.05) is 0 Å². The predicted molar refractivity (Wildman–Crippen MR) is 53.8 cm³/mol. The maximum absolute atomic E-state index is 9.71. The summed E-state index contributed by atoms with van der Waals surface area (Å²) in [5.41, 5.74) is 0. The lowest BCUT2D eigenvalue weighted by Crippen LogP contribution is -1.57. The normalized spacial score (nSPS) is 3.93. The minimum atomic E-state index is 0.456. The molecule has 0 aliphatic rings. The molecule has 0 aromatic carbocycles. The fraction of sp³-hybridized carbons (Fsp3) is 0. The highest BCUT2D eigenvalue weighted by Gasteiger charge is 1.56. The Hall–Kier alpha value is -2.97. The van der Waals surface area contributed by atoms with Gasteiger partial charge in [-0.2, -0.15) is 0 Å². The molecule has 0 N–H and O–H groups in total. The van der Waals surface area contributed by atoms with Crippen LogP contribution in [0.4, 0.5) is 0 Å². The molecule has 0 saturated carbocycles. The molecule has 0 fully saturated rings. The van der Waals surface area contributed by atoms with Gasteiger partial charge in [0.1, 0.15) is 0 Å². The highest BCUT2D eigenvalue weighted by atomic mass is 16.1. The van der Waals surface area contributed by atoms with Crippen LogP contribution >= 0.6 is 0 Å². The molecule has 1 heteroatoms. The maximum atomic E-state index is 9.71. The summed E-state index contributed by atoms with van der Waals surface area (Å²) >= 11 is 0. The minimum Gasteiger partial charge on any atom is -0.289 e. The molecule has 0 radical (unpaired) electrons. The Morgan fingerprint density at radius 3 is 1.57 bits per heavy atom. The van der Waals surface area contributed by atoms with E-state index in [2.05, 4.69) is 65.1 Å². The topological polar surface area (TPSA) is 17.1 Å². The van der Waals surface area contributed by atoms with Gasteiger partial charge in [-0.1, -0.05) is 0 Å². The first-order valence-corrected chi connectivity index (χ1v) is 3.31. The Morgan fingerprint density at radius 1 is 0.714 bits per heavy atom. The molecule has 14 heavy (non-hydrogen) atoms. The van der Waals surface area contributed by atoms with Gasteiger partial charge in [-0.15, -0.1) is 6.42 Å². The fourth-order valence-electron chi connectivity index (χ4n) is 0.320. The van der Waals surface area contributed by atoms with Crippen LogP contribution in [0.5, 0.6) is 0 Å². The molecule has 0 bridgehead atoms. The van der Waals surface area contributed by atoms with E-state index >= 15 is 0 Å². The Balaban J connectivity index is 4.17. The summed E-state index contributed by atoms with van der Waals surface area (Å²) in [4.78, 5) is 9.71. The number of carbonyl (C=O) groups is 1. The lowest BCUT2D eigenvalue weighted by Gasteiger charge is -1.55. The van der Waals surface area contributed by atoms with Crippen LogP contribution in [0, 0.1) is 71.5 Å². The summed E-state index contributed by atoms with van der Waals surface area (Å²) in [6, 6.07) is 0. The fourth-order valence-corrected chi connectivity index (χ4v) is 0.320. The second-order valence-electron chi connectivity index (χ2n) is 1.53. The van der Waals surface area contributed by atoms with Gasteiger partial charge in [0.15, 0.2) is 6.29 Å². The van der Waals surface area contributed by atoms with E-state index in [1.54, 1.807) is 0 Å². The van der Waals surface area contributed by atoms with Crippen molar-refractivity contribution in [2.24, 2.45) is 0 Å². The number of carbonyl (C=O) groups excluding carboxylic acids is 1. The van der Waals surface area contributed by atoms with Crippen LogP contribution in [-0.2, 0) is 4.79 Å². The smallest absolute Gasteiger partial charge is 0.193 e. The highest BCUT2D eigenvalue weighted by molar-refractivity contribution is 5.73. The van der Waals surface area contributed by atoms with Gasteiger partial charge in [-0.25, -0.2) is 0 Å². The number of hydrogen-bond donors (Lipinski definition) is 0. The Bertz CT molecular complexity index is 544. The zero-order valence-electron chi connectivity index (χ0n) is 7.06. The van der Waals surface area contributed by atoms with Gasteiger partial charge < -0.3 is 0 Å². The van der Waals surface area contributed by atoms with Crippen LogP contribution in [0.15, 0.2) is 0 Å². The molecule has 1 nitrogen and oxygen atoms in total. The third kappa shape index (κ3) is 9.03. The van der Waals surface area contributed by atoms with Gasteiger partial charge in [0.05, 0.1) is 0 Å². The van der Waals surface area contributed by atoms with E-state index in [4.69, 9.17) is 6.42 Å². The van der Waals surface area contributed by atoms with E-state index in [0.717, 1.165) is 0 Å². The molecule has 0 amide bonds. The molecule has 0 aliphatic carbocycles. The number of aldehydes is 1. The molecular formula is C13H2O. The SMILES string of the molecule is C#CC#CC#CC#CC#CC#CC=O. The van der Waals surface area contributed by atoms with Crippen molar-refractivity contribution in [3.63, 3.8) is 0 Å². The molecule has 0 aromatic rings. The first-order chi connectivity index (χ1) is 6.91. The number of rotatable bonds is 0. The van der Waals surface area contributed by atoms with Crippen LogP contribution in [0.1, 0.15) is 0 Å². The van der Waals surface area contributed by atoms with Crippen molar-refractivity contribution in [2.45, 2.75) is 0 Å². The first-order valence-electron chi connectivity index (χ1n) is 3.31. The summed E-state index contributed by atoms with van der Waals surface area (Å²) < 4.78 is 0. The van der Waals surface area contributed by atoms with E-state index in [-0.39, 0.29) is 0 Å². The second kappa shape index (κ2) is 10.0. The van der Waals surface area contributed by atoms with Crippen LogP contribution in [0.25, 0.3) is 0 Å². The number of hydrogen-bond acceptors (Lipinski definition) is 1. The van der Waals surface area contributed by atoms with E-state index < -0.39 is 0 Å². The monoisotopic (exact) mass is 174 g/mol. The predicted octanol–water partition coefficient (Wildman–Crippen LogP) is -0.165. The summed E-state index contributed by atoms with van der Waals surface area (Å²) in [5, 5.41) is 0. The summed E-state index contributed by atoms with van der Waals surface area (Å²) in [6.45, 7) is 0. The van der Waals surface area contributed by atoms with Crippen molar-refractivity contribution in [3.05, 3.63) is 0 Å². The minimum absolute atomic E-state index is 0.456.